The second-order valence-electron chi connectivity index (χ2n) is 6.84. The summed E-state index contributed by atoms with van der Waals surface area (Å²) in [5.41, 5.74) is 1.93. The molecule has 160 valence electrons. The fraction of sp³-hybridized carbons (Fsp3) is 0.474. The Hall–Kier alpha value is -1.66. The number of sulfone groups is 1. The van der Waals surface area contributed by atoms with Crippen LogP contribution in [0.5, 0.6) is 0 Å². The van der Waals surface area contributed by atoms with Gasteiger partial charge in [-0.1, -0.05) is 17.3 Å². The van der Waals surface area contributed by atoms with Gasteiger partial charge in [0, 0.05) is 51.6 Å². The summed E-state index contributed by atoms with van der Waals surface area (Å²) in [6, 6.07) is 8.80. The van der Waals surface area contributed by atoms with E-state index in [0.717, 1.165) is 56.5 Å². The van der Waals surface area contributed by atoms with Gasteiger partial charge in [0.1, 0.15) is 6.26 Å². The minimum Gasteiger partial charge on any atom is -0.364 e. The van der Waals surface area contributed by atoms with E-state index < -0.39 is 9.84 Å². The second-order valence-corrected chi connectivity index (χ2v) is 8.86. The molecule has 10 heteroatoms. The summed E-state index contributed by atoms with van der Waals surface area (Å²) in [5, 5.41) is 7.33. The third kappa shape index (κ3) is 6.96. The molecule has 0 unspecified atom stereocenters. The van der Waals surface area contributed by atoms with Gasteiger partial charge in [0.25, 0.3) is 0 Å². The van der Waals surface area contributed by atoms with Crippen LogP contribution in [-0.4, -0.2) is 68.3 Å². The zero-order valence-corrected chi connectivity index (χ0v) is 19.9. The fourth-order valence-corrected chi connectivity index (χ4v) is 3.73. The first-order valence-corrected chi connectivity index (χ1v) is 11.3. The molecule has 1 aromatic heterocycles. The molecule has 0 bridgehead atoms. The van der Waals surface area contributed by atoms with Gasteiger partial charge in [-0.3, -0.25) is 4.90 Å². The minimum absolute atomic E-state index is 0. The summed E-state index contributed by atoms with van der Waals surface area (Å²) in [7, 11) is -3.17. The molecule has 0 saturated carbocycles. The van der Waals surface area contributed by atoms with Crippen molar-refractivity contribution in [2.45, 2.75) is 24.9 Å². The van der Waals surface area contributed by atoms with E-state index in [4.69, 9.17) is 9.52 Å². The van der Waals surface area contributed by atoms with Crippen molar-refractivity contribution in [2.75, 3.05) is 39.0 Å². The van der Waals surface area contributed by atoms with E-state index in [-0.39, 0.29) is 24.0 Å². The molecule has 8 nitrogen and oxygen atoms in total. The quantitative estimate of drug-likeness (QED) is 0.345. The van der Waals surface area contributed by atoms with Crippen molar-refractivity contribution in [3.8, 4) is 0 Å². The molecule has 29 heavy (non-hydrogen) atoms. The highest BCUT2D eigenvalue weighted by atomic mass is 127. The highest BCUT2D eigenvalue weighted by Gasteiger charge is 2.20. The lowest BCUT2D eigenvalue weighted by molar-refractivity contribution is 0.169. The van der Waals surface area contributed by atoms with Crippen LogP contribution in [0.15, 0.2) is 51.0 Å². The zero-order valence-electron chi connectivity index (χ0n) is 16.7. The van der Waals surface area contributed by atoms with Crippen LogP contribution in [0, 0.1) is 0 Å². The summed E-state index contributed by atoms with van der Waals surface area (Å²) in [4.78, 5) is 9.67. The first kappa shape index (κ1) is 23.6. The first-order chi connectivity index (χ1) is 13.5. The summed E-state index contributed by atoms with van der Waals surface area (Å²) in [6.45, 7) is 7.78. The van der Waals surface area contributed by atoms with Gasteiger partial charge in [-0.15, -0.1) is 24.0 Å². The third-order valence-electron chi connectivity index (χ3n) is 4.65. The smallest absolute Gasteiger partial charge is 0.194 e. The van der Waals surface area contributed by atoms with Crippen molar-refractivity contribution in [1.29, 1.82) is 0 Å². The molecule has 0 atom stereocenters. The third-order valence-corrected chi connectivity index (χ3v) is 5.77. The number of rotatable bonds is 6. The molecule has 1 N–H and O–H groups in total. The van der Waals surface area contributed by atoms with E-state index in [1.54, 1.807) is 18.4 Å². The van der Waals surface area contributed by atoms with Gasteiger partial charge in [-0.2, -0.15) is 0 Å². The van der Waals surface area contributed by atoms with E-state index in [9.17, 15) is 8.42 Å². The largest absolute Gasteiger partial charge is 0.364 e. The number of benzene rings is 1. The Morgan fingerprint density at radius 3 is 2.41 bits per heavy atom. The van der Waals surface area contributed by atoms with E-state index in [2.05, 4.69) is 27.2 Å². The van der Waals surface area contributed by atoms with Crippen LogP contribution in [0.1, 0.15) is 18.2 Å². The molecule has 0 spiro atoms. The first-order valence-electron chi connectivity index (χ1n) is 9.39. The Kier molecular flexibility index (Phi) is 8.90. The predicted octanol–water partition coefficient (Wildman–Crippen LogP) is 1.98. The summed E-state index contributed by atoms with van der Waals surface area (Å²) in [5.74, 6) is 0.885. The topological polar surface area (TPSA) is 91.0 Å². The van der Waals surface area contributed by atoms with Gasteiger partial charge in [0.2, 0.25) is 0 Å². The van der Waals surface area contributed by atoms with Gasteiger partial charge in [-0.05, 0) is 24.6 Å². The normalized spacial score (nSPS) is 15.8. The van der Waals surface area contributed by atoms with Crippen molar-refractivity contribution in [1.82, 2.24) is 20.3 Å². The Morgan fingerprint density at radius 1 is 1.17 bits per heavy atom. The Morgan fingerprint density at radius 2 is 1.86 bits per heavy atom. The lowest BCUT2D eigenvalue weighted by Crippen LogP contribution is -2.52. The average Bonchev–Trinajstić information content (AvgIpc) is 3.18. The molecule has 2 heterocycles. The monoisotopic (exact) mass is 533 g/mol. The molecule has 1 aliphatic rings. The van der Waals surface area contributed by atoms with Crippen LogP contribution in [0.2, 0.25) is 0 Å². The van der Waals surface area contributed by atoms with Crippen molar-refractivity contribution >= 4 is 39.8 Å². The number of hydrogen-bond donors (Lipinski definition) is 1. The van der Waals surface area contributed by atoms with Crippen LogP contribution in [0.25, 0.3) is 0 Å². The van der Waals surface area contributed by atoms with Gasteiger partial charge < -0.3 is 14.7 Å². The van der Waals surface area contributed by atoms with Crippen LogP contribution < -0.4 is 5.32 Å². The standard InChI is InChI=1S/C19H27N5O3S.HI/c1-3-20-19(21-14-16-4-6-18(7-5-16)28(2,25)26)24-11-9-23(10-12-24)15-17-8-13-27-22-17;/h4-8,13H,3,9-12,14-15H2,1-2H3,(H,20,21);1H. The predicted molar refractivity (Wildman–Crippen MR) is 123 cm³/mol. The molecule has 2 aromatic rings. The molecule has 1 fully saturated rings. The molecule has 0 aliphatic carbocycles. The van der Waals surface area contributed by atoms with Gasteiger partial charge in [-0.25, -0.2) is 13.4 Å². The van der Waals surface area contributed by atoms with Crippen molar-refractivity contribution in [3.05, 3.63) is 47.9 Å². The maximum Gasteiger partial charge on any atom is 0.194 e. The SMILES string of the molecule is CCNC(=NCc1ccc(S(C)(=O)=O)cc1)N1CCN(Cc2ccon2)CC1.I. The van der Waals surface area contributed by atoms with Gasteiger partial charge in [0.15, 0.2) is 15.8 Å². The van der Waals surface area contributed by atoms with E-state index in [1.165, 1.54) is 6.26 Å². The molecule has 1 saturated heterocycles. The van der Waals surface area contributed by atoms with Gasteiger partial charge in [0.05, 0.1) is 17.1 Å². The van der Waals surface area contributed by atoms with Crippen molar-refractivity contribution < 1.29 is 12.9 Å². The maximum atomic E-state index is 11.6. The molecular weight excluding hydrogens is 505 g/mol. The Balaban J connectivity index is 0.00000300. The molecule has 0 radical (unpaired) electrons. The molecular formula is C19H28IN5O3S. The van der Waals surface area contributed by atoms with Crippen LogP contribution in [0.4, 0.5) is 0 Å². The Bertz CT molecular complexity index is 877. The summed E-state index contributed by atoms with van der Waals surface area (Å²) >= 11 is 0. The van der Waals surface area contributed by atoms with Gasteiger partial charge >= 0.3 is 0 Å². The number of piperazine rings is 1. The number of aliphatic imine (C=N–C) groups is 1. The number of hydrogen-bond acceptors (Lipinski definition) is 6. The van der Waals surface area contributed by atoms with Crippen LogP contribution in [0.3, 0.4) is 0 Å². The molecule has 1 aliphatic heterocycles. The summed E-state index contributed by atoms with van der Waals surface area (Å²) < 4.78 is 28.0. The zero-order chi connectivity index (χ0) is 20.0. The maximum absolute atomic E-state index is 11.6. The average molecular weight is 533 g/mol. The highest BCUT2D eigenvalue weighted by Crippen LogP contribution is 2.12. The van der Waals surface area contributed by atoms with Crippen molar-refractivity contribution in [2.24, 2.45) is 4.99 Å². The van der Waals surface area contributed by atoms with E-state index >= 15 is 0 Å². The minimum atomic E-state index is -3.17. The second kappa shape index (κ2) is 10.9. The number of guanidine groups is 1. The molecule has 1 aromatic carbocycles. The van der Waals surface area contributed by atoms with E-state index in [1.807, 2.05) is 18.2 Å². The molecule has 3 rings (SSSR count). The number of aromatic nitrogens is 1. The fourth-order valence-electron chi connectivity index (χ4n) is 3.10. The summed E-state index contributed by atoms with van der Waals surface area (Å²) in [6.07, 6.45) is 2.82. The van der Waals surface area contributed by atoms with E-state index in [0.29, 0.717) is 11.4 Å². The number of nitrogens with one attached hydrogen (secondary N) is 1. The van der Waals surface area contributed by atoms with Crippen LogP contribution >= 0.6 is 24.0 Å². The lowest BCUT2D eigenvalue weighted by atomic mass is 10.2. The number of nitrogens with zero attached hydrogens (tertiary/aromatic N) is 4. The van der Waals surface area contributed by atoms with Crippen LogP contribution in [-0.2, 0) is 22.9 Å². The van der Waals surface area contributed by atoms with Crippen molar-refractivity contribution in [3.63, 3.8) is 0 Å². The lowest BCUT2D eigenvalue weighted by Gasteiger charge is -2.36. The highest BCUT2D eigenvalue weighted by molar-refractivity contribution is 14.0. The number of halogens is 1. The molecule has 0 amide bonds. The Labute approximate surface area is 189 Å².